The summed E-state index contributed by atoms with van der Waals surface area (Å²) >= 11 is 6.16. The van der Waals surface area contributed by atoms with Crippen molar-refractivity contribution in [3.63, 3.8) is 0 Å². The molecular weight excluding hydrogens is 423 g/mol. The molecule has 0 heterocycles. The van der Waals surface area contributed by atoms with Crippen LogP contribution in [0.1, 0.15) is 25.3 Å². The number of hydrogen-bond donors (Lipinski definition) is 2. The van der Waals surface area contributed by atoms with Gasteiger partial charge in [-0.25, -0.2) is 0 Å². The third-order valence-corrected chi connectivity index (χ3v) is 4.40. The molecular formula is C17H28ClIN4. The Labute approximate surface area is 162 Å². The lowest BCUT2D eigenvalue weighted by Gasteiger charge is -2.20. The van der Waals surface area contributed by atoms with E-state index in [1.165, 1.54) is 12.8 Å². The van der Waals surface area contributed by atoms with Crippen LogP contribution < -0.4 is 10.6 Å². The van der Waals surface area contributed by atoms with Crippen LogP contribution in [0.5, 0.6) is 0 Å². The number of hydrogen-bond acceptors (Lipinski definition) is 2. The Balaban J connectivity index is 0.00000264. The molecule has 1 saturated carbocycles. The van der Waals surface area contributed by atoms with Crippen LogP contribution in [0.15, 0.2) is 29.3 Å². The molecule has 0 radical (unpaired) electrons. The molecule has 6 heteroatoms. The van der Waals surface area contributed by atoms with Gasteiger partial charge < -0.3 is 10.6 Å². The highest BCUT2D eigenvalue weighted by molar-refractivity contribution is 14.0. The van der Waals surface area contributed by atoms with Crippen molar-refractivity contribution in [2.24, 2.45) is 4.99 Å². The lowest BCUT2D eigenvalue weighted by Crippen LogP contribution is -2.42. The first-order chi connectivity index (χ1) is 10.7. The minimum Gasteiger partial charge on any atom is -0.356 e. The lowest BCUT2D eigenvalue weighted by atomic mass is 10.1. The molecule has 0 bridgehead atoms. The van der Waals surface area contributed by atoms with Gasteiger partial charge in [0, 0.05) is 37.7 Å². The van der Waals surface area contributed by atoms with Crippen molar-refractivity contribution < 1.29 is 0 Å². The molecule has 0 aromatic heterocycles. The standard InChI is InChI=1S/C17H27ClN4.HI/c1-3-22(15-8-9-15)13-12-21-17(19-2)20-11-10-14-6-4-5-7-16(14)18;/h4-7,15H,3,8-13H2,1-2H3,(H2,19,20,21);1H. The normalized spacial score (nSPS) is 14.5. The second kappa shape index (κ2) is 11.1. The first-order valence-electron chi connectivity index (χ1n) is 8.16. The van der Waals surface area contributed by atoms with E-state index in [9.17, 15) is 0 Å². The van der Waals surface area contributed by atoms with Gasteiger partial charge >= 0.3 is 0 Å². The summed E-state index contributed by atoms with van der Waals surface area (Å²) in [6, 6.07) is 8.79. The molecule has 0 atom stereocenters. The summed E-state index contributed by atoms with van der Waals surface area (Å²) in [5, 5.41) is 7.55. The Hall–Kier alpha value is -0.530. The van der Waals surface area contributed by atoms with E-state index in [4.69, 9.17) is 11.6 Å². The molecule has 0 amide bonds. The summed E-state index contributed by atoms with van der Waals surface area (Å²) in [5.74, 6) is 0.860. The number of benzene rings is 1. The summed E-state index contributed by atoms with van der Waals surface area (Å²) < 4.78 is 0. The minimum atomic E-state index is 0. The number of nitrogens with one attached hydrogen (secondary N) is 2. The fraction of sp³-hybridized carbons (Fsp3) is 0.588. The van der Waals surface area contributed by atoms with Crippen molar-refractivity contribution in [3.05, 3.63) is 34.9 Å². The van der Waals surface area contributed by atoms with E-state index in [1.54, 1.807) is 0 Å². The van der Waals surface area contributed by atoms with Gasteiger partial charge in [-0.3, -0.25) is 9.89 Å². The molecule has 1 aromatic carbocycles. The first kappa shape index (κ1) is 20.5. The molecule has 0 spiro atoms. The van der Waals surface area contributed by atoms with Gasteiger partial charge in [0.2, 0.25) is 0 Å². The second-order valence-electron chi connectivity index (χ2n) is 5.63. The molecule has 130 valence electrons. The molecule has 0 aliphatic heterocycles. The van der Waals surface area contributed by atoms with Gasteiger partial charge in [-0.1, -0.05) is 36.7 Å². The SMILES string of the molecule is CCN(CCNC(=NC)NCCc1ccccc1Cl)C1CC1.I. The molecule has 1 fully saturated rings. The van der Waals surface area contributed by atoms with E-state index in [2.05, 4.69) is 33.5 Å². The Bertz CT molecular complexity index is 491. The Morgan fingerprint density at radius 1 is 1.26 bits per heavy atom. The largest absolute Gasteiger partial charge is 0.356 e. The van der Waals surface area contributed by atoms with Crippen molar-refractivity contribution in [2.45, 2.75) is 32.2 Å². The minimum absolute atomic E-state index is 0. The van der Waals surface area contributed by atoms with Crippen LogP contribution in [0.3, 0.4) is 0 Å². The van der Waals surface area contributed by atoms with Crippen molar-refractivity contribution in [1.82, 2.24) is 15.5 Å². The fourth-order valence-corrected chi connectivity index (χ4v) is 2.82. The third-order valence-electron chi connectivity index (χ3n) is 4.03. The molecule has 1 aromatic rings. The highest BCUT2D eigenvalue weighted by atomic mass is 127. The van der Waals surface area contributed by atoms with Gasteiger partial charge in [-0.2, -0.15) is 0 Å². The Kier molecular flexibility index (Phi) is 9.90. The van der Waals surface area contributed by atoms with Crippen LogP contribution >= 0.6 is 35.6 Å². The monoisotopic (exact) mass is 450 g/mol. The van der Waals surface area contributed by atoms with Gasteiger partial charge in [0.1, 0.15) is 0 Å². The van der Waals surface area contributed by atoms with Crippen molar-refractivity contribution in [1.29, 1.82) is 0 Å². The fourth-order valence-electron chi connectivity index (χ4n) is 2.59. The summed E-state index contributed by atoms with van der Waals surface area (Å²) in [4.78, 5) is 6.80. The molecule has 1 aliphatic rings. The van der Waals surface area contributed by atoms with Gasteiger partial charge in [-0.05, 0) is 37.4 Å². The van der Waals surface area contributed by atoms with Gasteiger partial charge in [0.05, 0.1) is 0 Å². The molecule has 0 unspecified atom stereocenters. The highest BCUT2D eigenvalue weighted by Crippen LogP contribution is 2.25. The molecule has 2 rings (SSSR count). The van der Waals surface area contributed by atoms with E-state index in [0.717, 1.165) is 55.2 Å². The maximum Gasteiger partial charge on any atom is 0.191 e. The Morgan fingerprint density at radius 2 is 1.96 bits per heavy atom. The zero-order chi connectivity index (χ0) is 15.8. The van der Waals surface area contributed by atoms with Gasteiger partial charge in [0.25, 0.3) is 0 Å². The van der Waals surface area contributed by atoms with Crippen LogP contribution in [-0.2, 0) is 6.42 Å². The number of likely N-dealkylation sites (N-methyl/N-ethyl adjacent to an activating group) is 1. The maximum atomic E-state index is 6.16. The topological polar surface area (TPSA) is 39.7 Å². The Morgan fingerprint density at radius 3 is 2.57 bits per heavy atom. The van der Waals surface area contributed by atoms with E-state index in [0.29, 0.717) is 0 Å². The van der Waals surface area contributed by atoms with Crippen molar-refractivity contribution in [2.75, 3.05) is 33.2 Å². The van der Waals surface area contributed by atoms with Crippen LogP contribution in [0.25, 0.3) is 0 Å². The molecule has 1 aliphatic carbocycles. The molecule has 23 heavy (non-hydrogen) atoms. The number of nitrogens with zero attached hydrogens (tertiary/aromatic N) is 2. The predicted octanol–water partition coefficient (Wildman–Crippen LogP) is 3.15. The summed E-state index contributed by atoms with van der Waals surface area (Å²) in [7, 11) is 1.81. The number of aliphatic imine (C=N–C) groups is 1. The van der Waals surface area contributed by atoms with Crippen LogP contribution in [0, 0.1) is 0 Å². The highest BCUT2D eigenvalue weighted by Gasteiger charge is 2.27. The zero-order valence-electron chi connectivity index (χ0n) is 14.0. The number of halogens is 2. The molecule has 4 nitrogen and oxygen atoms in total. The van der Waals surface area contributed by atoms with Crippen molar-refractivity contribution in [3.8, 4) is 0 Å². The summed E-state index contributed by atoms with van der Waals surface area (Å²) in [5.41, 5.74) is 1.16. The van der Waals surface area contributed by atoms with Crippen LogP contribution in [0.2, 0.25) is 5.02 Å². The van der Waals surface area contributed by atoms with Gasteiger partial charge in [0.15, 0.2) is 5.96 Å². The smallest absolute Gasteiger partial charge is 0.191 e. The van der Waals surface area contributed by atoms with E-state index in [-0.39, 0.29) is 24.0 Å². The van der Waals surface area contributed by atoms with E-state index < -0.39 is 0 Å². The second-order valence-corrected chi connectivity index (χ2v) is 6.03. The predicted molar refractivity (Wildman–Crippen MR) is 110 cm³/mol. The van der Waals surface area contributed by atoms with Gasteiger partial charge in [-0.15, -0.1) is 24.0 Å². The lowest BCUT2D eigenvalue weighted by molar-refractivity contribution is 0.282. The maximum absolute atomic E-state index is 6.16. The molecule has 2 N–H and O–H groups in total. The average molecular weight is 451 g/mol. The van der Waals surface area contributed by atoms with Crippen molar-refractivity contribution >= 4 is 41.5 Å². The zero-order valence-corrected chi connectivity index (χ0v) is 17.1. The summed E-state index contributed by atoms with van der Waals surface area (Å²) in [6.07, 6.45) is 3.61. The van der Waals surface area contributed by atoms with Crippen LogP contribution in [-0.4, -0.2) is 50.1 Å². The quantitative estimate of drug-likeness (QED) is 0.363. The van der Waals surface area contributed by atoms with E-state index >= 15 is 0 Å². The van der Waals surface area contributed by atoms with Crippen LogP contribution in [0.4, 0.5) is 0 Å². The summed E-state index contributed by atoms with van der Waals surface area (Å²) in [6.45, 7) is 6.19. The molecule has 0 saturated heterocycles. The average Bonchev–Trinajstić information content (AvgIpc) is 3.36. The number of rotatable bonds is 8. The van der Waals surface area contributed by atoms with E-state index in [1.807, 2.05) is 25.2 Å². The number of guanidine groups is 1. The first-order valence-corrected chi connectivity index (χ1v) is 8.54. The third kappa shape index (κ3) is 7.27.